The first kappa shape index (κ1) is 20.1. The quantitative estimate of drug-likeness (QED) is 0.510. The van der Waals surface area contributed by atoms with Gasteiger partial charge in [-0.25, -0.2) is 9.37 Å². The Morgan fingerprint density at radius 1 is 1.22 bits per heavy atom. The Labute approximate surface area is 186 Å². The van der Waals surface area contributed by atoms with Gasteiger partial charge in [0, 0.05) is 30.5 Å². The second-order valence-electron chi connectivity index (χ2n) is 7.38. The molecular weight excluding hydrogens is 433 g/mol. The minimum Gasteiger partial charge on any atom is -0.472 e. The number of hydrogen-bond donors (Lipinski definition) is 1. The zero-order valence-electron chi connectivity index (χ0n) is 17.0. The lowest BCUT2D eigenvalue weighted by molar-refractivity contribution is 0.0725. The fraction of sp³-hybridized carbons (Fsp3) is 0.182. The average Bonchev–Trinajstić information content (AvgIpc) is 3.52. The van der Waals surface area contributed by atoms with Gasteiger partial charge in [0.1, 0.15) is 17.8 Å². The van der Waals surface area contributed by atoms with Crippen LogP contribution >= 0.6 is 11.3 Å². The molecule has 32 heavy (non-hydrogen) atoms. The van der Waals surface area contributed by atoms with Crippen molar-refractivity contribution >= 4 is 28.3 Å². The van der Waals surface area contributed by atoms with Gasteiger partial charge in [-0.05, 0) is 36.4 Å². The lowest BCUT2D eigenvalue weighted by atomic mass is 10.1. The van der Waals surface area contributed by atoms with Crippen molar-refractivity contribution in [3.63, 3.8) is 0 Å². The summed E-state index contributed by atoms with van der Waals surface area (Å²) in [5.74, 6) is -0.757. The molecule has 2 amide bonds. The van der Waals surface area contributed by atoms with Crippen molar-refractivity contribution in [2.45, 2.75) is 13.0 Å². The van der Waals surface area contributed by atoms with Crippen LogP contribution in [-0.4, -0.2) is 38.0 Å². The molecule has 0 spiro atoms. The van der Waals surface area contributed by atoms with E-state index in [1.165, 1.54) is 36.0 Å². The summed E-state index contributed by atoms with van der Waals surface area (Å²) in [4.78, 5) is 32.6. The Kier molecular flexibility index (Phi) is 5.06. The van der Waals surface area contributed by atoms with Gasteiger partial charge in [-0.15, -0.1) is 0 Å². The van der Waals surface area contributed by atoms with Gasteiger partial charge in [-0.1, -0.05) is 11.3 Å². The number of hydrogen-bond acceptors (Lipinski definition) is 6. The SMILES string of the molecule is Cn1nc(-c2ccc(F)cc2)cc1C(=O)N1CCc2nc(NC(=O)c3ccoc3)sc2C1. The molecule has 0 saturated carbocycles. The molecule has 4 aromatic rings. The van der Waals surface area contributed by atoms with Crippen LogP contribution in [0.3, 0.4) is 0 Å². The molecule has 8 nitrogen and oxygen atoms in total. The predicted octanol–water partition coefficient (Wildman–Crippen LogP) is 3.73. The highest BCUT2D eigenvalue weighted by molar-refractivity contribution is 7.15. The molecule has 0 aliphatic carbocycles. The number of aromatic nitrogens is 3. The van der Waals surface area contributed by atoms with Gasteiger partial charge in [0.15, 0.2) is 5.13 Å². The van der Waals surface area contributed by atoms with Gasteiger partial charge in [0.25, 0.3) is 11.8 Å². The van der Waals surface area contributed by atoms with E-state index in [0.717, 1.165) is 16.1 Å². The Balaban J connectivity index is 1.31. The Hall–Kier alpha value is -3.79. The number of amides is 2. The van der Waals surface area contributed by atoms with Gasteiger partial charge in [-0.3, -0.25) is 19.6 Å². The van der Waals surface area contributed by atoms with E-state index in [4.69, 9.17) is 4.42 Å². The fourth-order valence-corrected chi connectivity index (χ4v) is 4.60. The molecule has 5 rings (SSSR count). The number of aryl methyl sites for hydroxylation is 1. The highest BCUT2D eigenvalue weighted by atomic mass is 32.1. The summed E-state index contributed by atoms with van der Waals surface area (Å²) < 4.78 is 19.7. The first-order valence-corrected chi connectivity index (χ1v) is 10.7. The van der Waals surface area contributed by atoms with Crippen LogP contribution in [0.15, 0.2) is 53.3 Å². The van der Waals surface area contributed by atoms with Gasteiger partial charge in [0.05, 0.1) is 29.8 Å². The zero-order chi connectivity index (χ0) is 22.2. The van der Waals surface area contributed by atoms with Crippen molar-refractivity contribution in [1.82, 2.24) is 19.7 Å². The Bertz CT molecular complexity index is 1290. The molecule has 0 unspecified atom stereocenters. The van der Waals surface area contributed by atoms with Crippen LogP contribution in [-0.2, 0) is 20.0 Å². The lowest BCUT2D eigenvalue weighted by Crippen LogP contribution is -2.36. The number of anilines is 1. The number of furan rings is 1. The van der Waals surface area contributed by atoms with Crippen LogP contribution in [0.25, 0.3) is 11.3 Å². The summed E-state index contributed by atoms with van der Waals surface area (Å²) in [6.45, 7) is 0.923. The van der Waals surface area contributed by atoms with E-state index >= 15 is 0 Å². The van der Waals surface area contributed by atoms with Gasteiger partial charge < -0.3 is 9.32 Å². The van der Waals surface area contributed by atoms with E-state index in [1.807, 2.05) is 0 Å². The molecule has 0 atom stereocenters. The summed E-state index contributed by atoms with van der Waals surface area (Å²) in [5, 5.41) is 7.68. The van der Waals surface area contributed by atoms with Crippen LogP contribution in [0, 0.1) is 5.82 Å². The first-order valence-electron chi connectivity index (χ1n) is 9.89. The molecule has 0 radical (unpaired) electrons. The predicted molar refractivity (Wildman–Crippen MR) is 116 cm³/mol. The van der Waals surface area contributed by atoms with Crippen LogP contribution < -0.4 is 5.32 Å². The van der Waals surface area contributed by atoms with Crippen LogP contribution in [0.2, 0.25) is 0 Å². The maximum Gasteiger partial charge on any atom is 0.272 e. The first-order chi connectivity index (χ1) is 15.5. The minimum atomic E-state index is -0.324. The van der Waals surface area contributed by atoms with E-state index in [2.05, 4.69) is 15.4 Å². The number of carbonyl (C=O) groups is 2. The summed E-state index contributed by atoms with van der Waals surface area (Å²) in [5.41, 5.74) is 3.10. The molecular formula is C22H18FN5O3S. The maximum atomic E-state index is 13.2. The molecule has 10 heteroatoms. The molecule has 4 heterocycles. The van der Waals surface area contributed by atoms with E-state index < -0.39 is 0 Å². The maximum absolute atomic E-state index is 13.2. The van der Waals surface area contributed by atoms with E-state index in [1.54, 1.807) is 40.9 Å². The zero-order valence-corrected chi connectivity index (χ0v) is 17.9. The normalized spacial score (nSPS) is 13.1. The molecule has 1 aliphatic rings. The van der Waals surface area contributed by atoms with Crippen molar-refractivity contribution in [2.75, 3.05) is 11.9 Å². The van der Waals surface area contributed by atoms with E-state index in [0.29, 0.717) is 41.6 Å². The second-order valence-corrected chi connectivity index (χ2v) is 8.46. The standard InChI is InChI=1S/C22H18FN5O3S/c1-27-18(10-17(26-27)13-2-4-15(23)5-3-13)21(30)28-8-6-16-19(11-28)32-22(24-16)25-20(29)14-7-9-31-12-14/h2-5,7,9-10,12H,6,8,11H2,1H3,(H,24,25,29). The summed E-state index contributed by atoms with van der Waals surface area (Å²) >= 11 is 1.36. The van der Waals surface area contributed by atoms with Gasteiger partial charge in [-0.2, -0.15) is 5.10 Å². The minimum absolute atomic E-state index is 0.142. The summed E-state index contributed by atoms with van der Waals surface area (Å²) in [6.07, 6.45) is 3.41. The topological polar surface area (TPSA) is 93.3 Å². The van der Waals surface area contributed by atoms with Crippen molar-refractivity contribution < 1.29 is 18.4 Å². The highest BCUT2D eigenvalue weighted by Gasteiger charge is 2.27. The van der Waals surface area contributed by atoms with Crippen LogP contribution in [0.1, 0.15) is 31.4 Å². The molecule has 0 fully saturated rings. The molecule has 0 saturated heterocycles. The fourth-order valence-electron chi connectivity index (χ4n) is 3.58. The van der Waals surface area contributed by atoms with Crippen LogP contribution in [0.5, 0.6) is 0 Å². The van der Waals surface area contributed by atoms with Crippen LogP contribution in [0.4, 0.5) is 9.52 Å². The summed E-state index contributed by atoms with van der Waals surface area (Å²) in [6, 6.07) is 9.30. The number of benzene rings is 1. The third-order valence-corrected chi connectivity index (χ3v) is 6.26. The summed E-state index contributed by atoms with van der Waals surface area (Å²) in [7, 11) is 1.71. The second kappa shape index (κ2) is 8.04. The third-order valence-electron chi connectivity index (χ3n) is 5.26. The molecule has 1 N–H and O–H groups in total. The smallest absolute Gasteiger partial charge is 0.272 e. The molecule has 1 aliphatic heterocycles. The molecule has 162 valence electrons. The Morgan fingerprint density at radius 2 is 2.03 bits per heavy atom. The highest BCUT2D eigenvalue weighted by Crippen LogP contribution is 2.30. The van der Waals surface area contributed by atoms with Crippen molar-refractivity contribution in [3.05, 3.63) is 76.6 Å². The number of carbonyl (C=O) groups excluding carboxylic acids is 2. The van der Waals surface area contributed by atoms with Gasteiger partial charge in [0.2, 0.25) is 0 Å². The lowest BCUT2D eigenvalue weighted by Gasteiger charge is -2.25. The van der Waals surface area contributed by atoms with E-state index in [9.17, 15) is 14.0 Å². The van der Waals surface area contributed by atoms with Gasteiger partial charge >= 0.3 is 0 Å². The van der Waals surface area contributed by atoms with E-state index in [-0.39, 0.29) is 17.6 Å². The Morgan fingerprint density at radius 3 is 2.78 bits per heavy atom. The molecule has 1 aromatic carbocycles. The third kappa shape index (κ3) is 3.80. The average molecular weight is 451 g/mol. The largest absolute Gasteiger partial charge is 0.472 e. The number of rotatable bonds is 4. The number of nitrogens with one attached hydrogen (secondary N) is 1. The number of nitrogens with zero attached hydrogens (tertiary/aromatic N) is 4. The monoisotopic (exact) mass is 451 g/mol. The van der Waals surface area contributed by atoms with Crippen molar-refractivity contribution in [2.24, 2.45) is 7.05 Å². The number of fused-ring (bicyclic) bond motifs is 1. The number of thiazole rings is 1. The number of halogens is 1. The molecule has 3 aromatic heterocycles. The van der Waals surface area contributed by atoms with Crippen molar-refractivity contribution in [1.29, 1.82) is 0 Å². The molecule has 0 bridgehead atoms. The van der Waals surface area contributed by atoms with Crippen molar-refractivity contribution in [3.8, 4) is 11.3 Å².